The van der Waals surface area contributed by atoms with Gasteiger partial charge >= 0.3 is 5.97 Å². The highest BCUT2D eigenvalue weighted by atomic mass is 127. The van der Waals surface area contributed by atoms with Gasteiger partial charge in [0.15, 0.2) is 0 Å². The van der Waals surface area contributed by atoms with Crippen LogP contribution in [0.15, 0.2) is 30.3 Å². The molecule has 0 spiro atoms. The fourth-order valence-corrected chi connectivity index (χ4v) is 2.59. The lowest BCUT2D eigenvalue weighted by atomic mass is 10.2. The molecule has 0 amide bonds. The molecule has 2 rings (SSSR count). The molecule has 0 fully saturated rings. The van der Waals surface area contributed by atoms with Gasteiger partial charge in [0.1, 0.15) is 5.82 Å². The topological polar surface area (TPSA) is 62.2 Å². The third kappa shape index (κ3) is 3.61. The van der Waals surface area contributed by atoms with Crippen molar-refractivity contribution < 1.29 is 9.90 Å². The molecule has 0 unspecified atom stereocenters. The van der Waals surface area contributed by atoms with Gasteiger partial charge in [-0.1, -0.05) is 18.5 Å². The number of carboxylic acids is 1. The van der Waals surface area contributed by atoms with Crippen molar-refractivity contribution in [1.29, 1.82) is 0 Å². The van der Waals surface area contributed by atoms with E-state index in [1.165, 1.54) is 6.07 Å². The monoisotopic (exact) mass is 402 g/mol. The average Bonchev–Trinajstić information content (AvgIpc) is 2.41. The summed E-state index contributed by atoms with van der Waals surface area (Å²) in [5.74, 6) is -0.497. The highest BCUT2D eigenvalue weighted by Crippen LogP contribution is 2.27. The van der Waals surface area contributed by atoms with E-state index in [0.29, 0.717) is 28.6 Å². The molecule has 1 heterocycles. The highest BCUT2D eigenvalue weighted by molar-refractivity contribution is 14.1. The maximum Gasteiger partial charge on any atom is 0.335 e. The molecule has 20 heavy (non-hydrogen) atoms. The number of aromatic nitrogens is 1. The van der Waals surface area contributed by atoms with Crippen LogP contribution in [-0.2, 0) is 6.42 Å². The Morgan fingerprint density at radius 3 is 2.75 bits per heavy atom. The molecular weight excluding hydrogens is 391 g/mol. The van der Waals surface area contributed by atoms with E-state index in [4.69, 9.17) is 16.7 Å². The Labute approximate surface area is 135 Å². The van der Waals surface area contributed by atoms with Gasteiger partial charge in [-0.15, -0.1) is 0 Å². The number of rotatable bonds is 4. The first kappa shape index (κ1) is 15.1. The van der Waals surface area contributed by atoms with Crippen LogP contribution < -0.4 is 5.32 Å². The van der Waals surface area contributed by atoms with Crippen molar-refractivity contribution in [2.45, 2.75) is 13.3 Å². The normalized spacial score (nSPS) is 10.3. The Morgan fingerprint density at radius 2 is 2.15 bits per heavy atom. The molecule has 0 saturated heterocycles. The lowest BCUT2D eigenvalue weighted by Crippen LogP contribution is -2.03. The van der Waals surface area contributed by atoms with E-state index in [0.717, 1.165) is 3.57 Å². The molecule has 0 aliphatic carbocycles. The smallest absolute Gasteiger partial charge is 0.335 e. The molecule has 2 aromatic rings. The largest absolute Gasteiger partial charge is 0.478 e. The number of aromatic carboxylic acids is 1. The van der Waals surface area contributed by atoms with Gasteiger partial charge in [-0.3, -0.25) is 0 Å². The van der Waals surface area contributed by atoms with Crippen molar-refractivity contribution >= 4 is 51.7 Å². The summed E-state index contributed by atoms with van der Waals surface area (Å²) in [5, 5.41) is 12.7. The third-order valence-electron chi connectivity index (χ3n) is 2.68. The average molecular weight is 403 g/mol. The molecule has 0 saturated carbocycles. The van der Waals surface area contributed by atoms with Crippen LogP contribution in [0.25, 0.3) is 0 Å². The van der Waals surface area contributed by atoms with Gasteiger partial charge in [0.05, 0.1) is 16.3 Å². The van der Waals surface area contributed by atoms with Gasteiger partial charge in [-0.25, -0.2) is 9.78 Å². The first-order chi connectivity index (χ1) is 9.49. The summed E-state index contributed by atoms with van der Waals surface area (Å²) in [6, 6.07) is 8.65. The molecule has 0 aliphatic rings. The summed E-state index contributed by atoms with van der Waals surface area (Å²) in [5.41, 5.74) is 1.62. The van der Waals surface area contributed by atoms with Crippen molar-refractivity contribution in [2.24, 2.45) is 0 Å². The van der Waals surface area contributed by atoms with Crippen molar-refractivity contribution in [3.05, 3.63) is 50.2 Å². The first-order valence-electron chi connectivity index (χ1n) is 5.96. The molecule has 1 aromatic heterocycles. The molecule has 0 atom stereocenters. The molecule has 4 nitrogen and oxygen atoms in total. The summed E-state index contributed by atoms with van der Waals surface area (Å²) >= 11 is 8.32. The number of anilines is 2. The second-order valence-electron chi connectivity index (χ2n) is 4.14. The molecule has 1 aromatic carbocycles. The van der Waals surface area contributed by atoms with Gasteiger partial charge in [0, 0.05) is 9.26 Å². The number of hydrogen-bond donors (Lipinski definition) is 2. The molecule has 0 radical (unpaired) electrons. The second kappa shape index (κ2) is 6.41. The summed E-state index contributed by atoms with van der Waals surface area (Å²) in [6.45, 7) is 1.93. The fraction of sp³-hybridized carbons (Fsp3) is 0.143. The number of pyridine rings is 1. The van der Waals surface area contributed by atoms with E-state index in [9.17, 15) is 4.79 Å². The lowest BCUT2D eigenvalue weighted by molar-refractivity contribution is 0.0696. The van der Waals surface area contributed by atoms with Crippen LogP contribution in [0.3, 0.4) is 0 Å². The number of carboxylic acid groups (broad SMARTS) is 1. The quantitative estimate of drug-likeness (QED) is 0.747. The van der Waals surface area contributed by atoms with E-state index in [-0.39, 0.29) is 5.56 Å². The standard InChI is InChI=1S/C14H12ClIN2O2/c1-2-10-5-8(14(19)20)6-13(17-10)18-12-4-3-9(16)7-11(12)15/h3-7H,2H2,1H3,(H,17,18)(H,19,20). The number of benzene rings is 1. The molecular formula is C14H12ClIN2O2. The predicted octanol–water partition coefficient (Wildman–Crippen LogP) is 4.34. The van der Waals surface area contributed by atoms with Crippen LogP contribution in [0.2, 0.25) is 5.02 Å². The number of nitrogens with zero attached hydrogens (tertiary/aromatic N) is 1. The van der Waals surface area contributed by atoms with E-state index in [2.05, 4.69) is 32.9 Å². The van der Waals surface area contributed by atoms with Crippen LogP contribution >= 0.6 is 34.2 Å². The zero-order valence-electron chi connectivity index (χ0n) is 10.7. The fourth-order valence-electron chi connectivity index (χ4n) is 1.69. The number of hydrogen-bond acceptors (Lipinski definition) is 3. The minimum Gasteiger partial charge on any atom is -0.478 e. The number of halogens is 2. The summed E-state index contributed by atoms with van der Waals surface area (Å²) in [4.78, 5) is 15.5. The molecule has 0 bridgehead atoms. The Hall–Kier alpha value is -1.34. The first-order valence-corrected chi connectivity index (χ1v) is 7.41. The highest BCUT2D eigenvalue weighted by Gasteiger charge is 2.09. The van der Waals surface area contributed by atoms with Gasteiger partial charge in [0.2, 0.25) is 0 Å². The Balaban J connectivity index is 2.37. The van der Waals surface area contributed by atoms with E-state index < -0.39 is 5.97 Å². The third-order valence-corrected chi connectivity index (χ3v) is 3.67. The molecule has 6 heteroatoms. The maximum absolute atomic E-state index is 11.1. The minimum atomic E-state index is -0.973. The van der Waals surface area contributed by atoms with Gasteiger partial charge in [0.25, 0.3) is 0 Å². The summed E-state index contributed by atoms with van der Waals surface area (Å²) in [6.07, 6.45) is 0.663. The van der Waals surface area contributed by atoms with Crippen LogP contribution in [0.5, 0.6) is 0 Å². The Morgan fingerprint density at radius 1 is 1.40 bits per heavy atom. The molecule has 0 aliphatic heterocycles. The zero-order valence-corrected chi connectivity index (χ0v) is 13.6. The number of aryl methyl sites for hydroxylation is 1. The summed E-state index contributed by atoms with van der Waals surface area (Å²) in [7, 11) is 0. The number of carbonyl (C=O) groups is 1. The van der Waals surface area contributed by atoms with Crippen LogP contribution in [0, 0.1) is 3.57 Å². The minimum absolute atomic E-state index is 0.209. The van der Waals surface area contributed by atoms with Crippen molar-refractivity contribution in [3.8, 4) is 0 Å². The Kier molecular flexibility index (Phi) is 4.82. The SMILES string of the molecule is CCc1cc(C(=O)O)cc(Nc2ccc(I)cc2Cl)n1. The van der Waals surface area contributed by atoms with E-state index in [1.54, 1.807) is 6.07 Å². The molecule has 104 valence electrons. The zero-order chi connectivity index (χ0) is 14.7. The van der Waals surface area contributed by atoms with Crippen LogP contribution in [-0.4, -0.2) is 16.1 Å². The van der Waals surface area contributed by atoms with Gasteiger partial charge < -0.3 is 10.4 Å². The van der Waals surface area contributed by atoms with E-state index in [1.807, 2.05) is 25.1 Å². The van der Waals surface area contributed by atoms with Crippen molar-refractivity contribution in [2.75, 3.05) is 5.32 Å². The lowest BCUT2D eigenvalue weighted by Gasteiger charge is -2.10. The maximum atomic E-state index is 11.1. The second-order valence-corrected chi connectivity index (χ2v) is 5.79. The van der Waals surface area contributed by atoms with E-state index >= 15 is 0 Å². The summed E-state index contributed by atoms with van der Waals surface area (Å²) < 4.78 is 1.03. The van der Waals surface area contributed by atoms with Gasteiger partial charge in [-0.05, 0) is 59.3 Å². The Bertz CT molecular complexity index is 662. The van der Waals surface area contributed by atoms with Gasteiger partial charge in [-0.2, -0.15) is 0 Å². The van der Waals surface area contributed by atoms with Crippen molar-refractivity contribution in [1.82, 2.24) is 4.98 Å². The predicted molar refractivity (Wildman–Crippen MR) is 88.0 cm³/mol. The molecule has 2 N–H and O–H groups in total. The van der Waals surface area contributed by atoms with Crippen molar-refractivity contribution in [3.63, 3.8) is 0 Å². The van der Waals surface area contributed by atoms with Crippen LogP contribution in [0.1, 0.15) is 23.0 Å². The number of nitrogens with one attached hydrogen (secondary N) is 1. The van der Waals surface area contributed by atoms with Crippen LogP contribution in [0.4, 0.5) is 11.5 Å².